The zero-order valence-electron chi connectivity index (χ0n) is 12.9. The molecule has 4 rings (SSSR count). The van der Waals surface area contributed by atoms with Gasteiger partial charge >= 0.3 is 0 Å². The van der Waals surface area contributed by atoms with E-state index < -0.39 is 0 Å². The Morgan fingerprint density at radius 1 is 0.583 bits per heavy atom. The van der Waals surface area contributed by atoms with E-state index in [1.807, 2.05) is 36.4 Å². The fourth-order valence-electron chi connectivity index (χ4n) is 2.78. The van der Waals surface area contributed by atoms with Gasteiger partial charge < -0.3 is 4.42 Å². The van der Waals surface area contributed by atoms with Crippen LogP contribution in [0.4, 0.5) is 0 Å². The molecule has 0 saturated heterocycles. The molecule has 0 fully saturated rings. The zero-order chi connectivity index (χ0) is 16.4. The highest BCUT2D eigenvalue weighted by atomic mass is 79.9. The van der Waals surface area contributed by atoms with Crippen molar-refractivity contribution in [3.8, 4) is 33.8 Å². The van der Waals surface area contributed by atoms with Gasteiger partial charge in [-0.25, -0.2) is 0 Å². The van der Waals surface area contributed by atoms with E-state index in [1.165, 1.54) is 0 Å². The predicted octanol–water partition coefficient (Wildman–Crippen LogP) is 7.04. The second-order valence-corrected chi connectivity index (χ2v) is 6.51. The smallest absolute Gasteiger partial charge is 0.142 e. The largest absolute Gasteiger partial charge is 0.455 e. The normalized spacial score (nSPS) is 10.7. The van der Waals surface area contributed by atoms with Crippen LogP contribution in [0.1, 0.15) is 0 Å². The highest BCUT2D eigenvalue weighted by molar-refractivity contribution is 9.10. The van der Waals surface area contributed by atoms with E-state index in [9.17, 15) is 0 Å². The third kappa shape index (κ3) is 2.93. The highest BCUT2D eigenvalue weighted by Crippen LogP contribution is 2.38. The molecule has 2 heteroatoms. The molecule has 0 unspecified atom stereocenters. The van der Waals surface area contributed by atoms with E-state index in [4.69, 9.17) is 4.42 Å². The number of halogens is 1. The first-order valence-electron chi connectivity index (χ1n) is 7.82. The quantitative estimate of drug-likeness (QED) is 0.374. The van der Waals surface area contributed by atoms with Crippen molar-refractivity contribution in [2.75, 3.05) is 0 Å². The number of hydrogen-bond donors (Lipinski definition) is 0. The van der Waals surface area contributed by atoms with Crippen LogP contribution < -0.4 is 0 Å². The van der Waals surface area contributed by atoms with Gasteiger partial charge in [0.25, 0.3) is 0 Å². The number of hydrogen-bond acceptors (Lipinski definition) is 1. The maximum atomic E-state index is 6.27. The summed E-state index contributed by atoms with van der Waals surface area (Å²) in [4.78, 5) is 0. The van der Waals surface area contributed by atoms with Crippen molar-refractivity contribution in [3.63, 3.8) is 0 Å². The van der Waals surface area contributed by atoms with Crippen LogP contribution in [0.15, 0.2) is 99.9 Å². The molecule has 0 aliphatic carbocycles. The fraction of sp³-hybridized carbons (Fsp3) is 0. The molecule has 0 saturated carbocycles. The SMILES string of the molecule is Brc1ccc(-c2cc(-c3ccccc3)c(-c3ccccc3)o2)cc1. The molecule has 0 amide bonds. The van der Waals surface area contributed by atoms with Crippen molar-refractivity contribution in [1.29, 1.82) is 0 Å². The topological polar surface area (TPSA) is 13.1 Å². The van der Waals surface area contributed by atoms with Crippen LogP contribution in [0.5, 0.6) is 0 Å². The molecular weight excluding hydrogens is 360 g/mol. The summed E-state index contributed by atoms with van der Waals surface area (Å²) in [6, 6.07) is 30.9. The maximum absolute atomic E-state index is 6.27. The molecule has 0 bridgehead atoms. The van der Waals surface area contributed by atoms with Crippen LogP contribution in [0.25, 0.3) is 33.8 Å². The van der Waals surface area contributed by atoms with E-state index >= 15 is 0 Å². The highest BCUT2D eigenvalue weighted by Gasteiger charge is 2.15. The summed E-state index contributed by atoms with van der Waals surface area (Å²) in [7, 11) is 0. The van der Waals surface area contributed by atoms with Crippen LogP contribution in [0.3, 0.4) is 0 Å². The van der Waals surface area contributed by atoms with E-state index in [0.29, 0.717) is 0 Å². The summed E-state index contributed by atoms with van der Waals surface area (Å²) in [6.07, 6.45) is 0. The molecule has 0 spiro atoms. The average Bonchev–Trinajstić information content (AvgIpc) is 3.09. The summed E-state index contributed by atoms with van der Waals surface area (Å²) in [5, 5.41) is 0. The van der Waals surface area contributed by atoms with Crippen molar-refractivity contribution in [2.24, 2.45) is 0 Å². The van der Waals surface area contributed by atoms with Crippen molar-refractivity contribution >= 4 is 15.9 Å². The zero-order valence-corrected chi connectivity index (χ0v) is 14.5. The Labute approximate surface area is 149 Å². The molecule has 0 aliphatic heterocycles. The van der Waals surface area contributed by atoms with Crippen molar-refractivity contribution in [3.05, 3.63) is 95.5 Å². The van der Waals surface area contributed by atoms with Crippen molar-refractivity contribution in [1.82, 2.24) is 0 Å². The summed E-state index contributed by atoms with van der Waals surface area (Å²) in [6.45, 7) is 0. The Balaban J connectivity index is 1.89. The van der Waals surface area contributed by atoms with Crippen LogP contribution in [-0.4, -0.2) is 0 Å². The summed E-state index contributed by atoms with van der Waals surface area (Å²) in [5.41, 5.74) is 4.42. The van der Waals surface area contributed by atoms with Gasteiger partial charge in [0.2, 0.25) is 0 Å². The van der Waals surface area contributed by atoms with E-state index in [1.54, 1.807) is 0 Å². The number of furan rings is 1. The van der Waals surface area contributed by atoms with Crippen LogP contribution in [0, 0.1) is 0 Å². The van der Waals surface area contributed by atoms with Crippen LogP contribution in [-0.2, 0) is 0 Å². The third-order valence-electron chi connectivity index (χ3n) is 3.98. The van der Waals surface area contributed by atoms with E-state index in [2.05, 4.69) is 70.5 Å². The molecule has 116 valence electrons. The summed E-state index contributed by atoms with van der Waals surface area (Å²) >= 11 is 3.48. The van der Waals surface area contributed by atoms with Gasteiger partial charge in [-0.15, -0.1) is 0 Å². The standard InChI is InChI=1S/C22H15BrO/c23-19-13-11-17(12-14-19)21-15-20(16-7-3-1-4-8-16)22(24-21)18-9-5-2-6-10-18/h1-15H. The number of rotatable bonds is 3. The minimum absolute atomic E-state index is 0.875. The van der Waals surface area contributed by atoms with Gasteiger partial charge in [0.05, 0.1) is 0 Å². The Morgan fingerprint density at radius 2 is 1.17 bits per heavy atom. The lowest BCUT2D eigenvalue weighted by Crippen LogP contribution is -1.78. The Hall–Kier alpha value is -2.58. The fourth-order valence-corrected chi connectivity index (χ4v) is 3.05. The first-order chi connectivity index (χ1) is 11.8. The van der Waals surface area contributed by atoms with Gasteiger partial charge in [0, 0.05) is 21.2 Å². The Morgan fingerprint density at radius 3 is 1.79 bits per heavy atom. The molecule has 3 aromatic carbocycles. The van der Waals surface area contributed by atoms with Gasteiger partial charge in [-0.2, -0.15) is 0 Å². The first kappa shape index (κ1) is 15.0. The third-order valence-corrected chi connectivity index (χ3v) is 4.51. The molecular formula is C22H15BrO. The van der Waals surface area contributed by atoms with Gasteiger partial charge in [-0.05, 0) is 23.8 Å². The van der Waals surface area contributed by atoms with E-state index in [-0.39, 0.29) is 0 Å². The van der Waals surface area contributed by atoms with Gasteiger partial charge in [0.15, 0.2) is 0 Å². The molecule has 0 aliphatic rings. The van der Waals surface area contributed by atoms with Gasteiger partial charge in [-0.1, -0.05) is 88.7 Å². The molecule has 0 radical (unpaired) electrons. The summed E-state index contributed by atoms with van der Waals surface area (Å²) < 4.78 is 7.33. The average molecular weight is 375 g/mol. The Bertz CT molecular complexity index is 881. The lowest BCUT2D eigenvalue weighted by atomic mass is 10.0. The lowest BCUT2D eigenvalue weighted by Gasteiger charge is -2.02. The minimum atomic E-state index is 0.875. The second-order valence-electron chi connectivity index (χ2n) is 5.59. The molecule has 24 heavy (non-hydrogen) atoms. The lowest BCUT2D eigenvalue weighted by molar-refractivity contribution is 0.598. The van der Waals surface area contributed by atoms with Crippen LogP contribution in [0.2, 0.25) is 0 Å². The predicted molar refractivity (Wildman–Crippen MR) is 103 cm³/mol. The minimum Gasteiger partial charge on any atom is -0.455 e. The van der Waals surface area contributed by atoms with Gasteiger partial charge in [0.1, 0.15) is 11.5 Å². The van der Waals surface area contributed by atoms with E-state index in [0.717, 1.165) is 38.2 Å². The maximum Gasteiger partial charge on any atom is 0.142 e. The number of benzene rings is 3. The van der Waals surface area contributed by atoms with Gasteiger partial charge in [-0.3, -0.25) is 0 Å². The molecule has 1 nitrogen and oxygen atoms in total. The van der Waals surface area contributed by atoms with Crippen LogP contribution >= 0.6 is 15.9 Å². The van der Waals surface area contributed by atoms with Crippen molar-refractivity contribution in [2.45, 2.75) is 0 Å². The Kier molecular flexibility index (Phi) is 4.06. The summed E-state index contributed by atoms with van der Waals surface area (Å²) in [5.74, 6) is 1.78. The molecule has 0 atom stereocenters. The second kappa shape index (κ2) is 6.50. The molecule has 0 N–H and O–H groups in total. The first-order valence-corrected chi connectivity index (χ1v) is 8.61. The monoisotopic (exact) mass is 374 g/mol. The molecule has 1 heterocycles. The molecule has 1 aromatic heterocycles. The molecule has 4 aromatic rings. The van der Waals surface area contributed by atoms with Crippen molar-refractivity contribution < 1.29 is 4.42 Å².